The van der Waals surface area contributed by atoms with Crippen molar-refractivity contribution in [1.29, 1.82) is 0 Å². The average molecular weight is 421 g/mol. The SMILES string of the molecule is O=C(NCCc1csc2ccccc12)c1ccc(CNC(=O)c2cccs2)cc1. The predicted molar refractivity (Wildman–Crippen MR) is 120 cm³/mol. The number of hydrogen-bond donors (Lipinski definition) is 2. The Morgan fingerprint density at radius 2 is 1.66 bits per heavy atom. The van der Waals surface area contributed by atoms with Gasteiger partial charge < -0.3 is 10.6 Å². The molecule has 0 spiro atoms. The average Bonchev–Trinajstić information content (AvgIpc) is 3.43. The molecule has 2 aromatic carbocycles. The summed E-state index contributed by atoms with van der Waals surface area (Å²) < 4.78 is 1.27. The third kappa shape index (κ3) is 4.72. The quantitative estimate of drug-likeness (QED) is 0.448. The van der Waals surface area contributed by atoms with Crippen molar-refractivity contribution in [2.45, 2.75) is 13.0 Å². The fourth-order valence-electron chi connectivity index (χ4n) is 3.09. The molecule has 2 amide bonds. The molecule has 4 aromatic rings. The lowest BCUT2D eigenvalue weighted by Gasteiger charge is -2.07. The molecule has 29 heavy (non-hydrogen) atoms. The van der Waals surface area contributed by atoms with Gasteiger partial charge in [0.1, 0.15) is 0 Å². The summed E-state index contributed by atoms with van der Waals surface area (Å²) in [4.78, 5) is 25.1. The van der Waals surface area contributed by atoms with Crippen LogP contribution in [0.5, 0.6) is 0 Å². The molecular formula is C23H20N2O2S2. The molecule has 4 nitrogen and oxygen atoms in total. The highest BCUT2D eigenvalue weighted by Crippen LogP contribution is 2.25. The van der Waals surface area contributed by atoms with Gasteiger partial charge in [0.25, 0.3) is 11.8 Å². The maximum atomic E-state index is 12.4. The van der Waals surface area contributed by atoms with Crippen molar-refractivity contribution in [2.75, 3.05) is 6.54 Å². The number of carbonyl (C=O) groups is 2. The van der Waals surface area contributed by atoms with Gasteiger partial charge >= 0.3 is 0 Å². The number of hydrogen-bond acceptors (Lipinski definition) is 4. The zero-order chi connectivity index (χ0) is 20.1. The molecule has 0 saturated heterocycles. The van der Waals surface area contributed by atoms with Crippen LogP contribution in [0, 0.1) is 0 Å². The molecule has 2 N–H and O–H groups in total. The Balaban J connectivity index is 1.27. The Labute approximate surface area is 177 Å². The predicted octanol–water partition coefficient (Wildman–Crippen LogP) is 4.87. The molecule has 0 aliphatic rings. The number of thiophene rings is 2. The highest BCUT2D eigenvalue weighted by molar-refractivity contribution is 7.17. The van der Waals surface area contributed by atoms with Crippen LogP contribution in [-0.2, 0) is 13.0 Å². The van der Waals surface area contributed by atoms with Crippen LogP contribution < -0.4 is 10.6 Å². The third-order valence-electron chi connectivity index (χ3n) is 4.66. The van der Waals surface area contributed by atoms with Crippen molar-refractivity contribution in [3.05, 3.63) is 93.0 Å². The van der Waals surface area contributed by atoms with Crippen molar-refractivity contribution in [3.63, 3.8) is 0 Å². The van der Waals surface area contributed by atoms with Crippen molar-refractivity contribution in [1.82, 2.24) is 10.6 Å². The molecule has 0 radical (unpaired) electrons. The molecule has 2 heterocycles. The molecule has 0 fully saturated rings. The normalized spacial score (nSPS) is 10.8. The van der Waals surface area contributed by atoms with Gasteiger partial charge in [0, 0.05) is 23.4 Å². The van der Waals surface area contributed by atoms with Crippen molar-refractivity contribution >= 4 is 44.6 Å². The van der Waals surface area contributed by atoms with Crippen LogP contribution in [-0.4, -0.2) is 18.4 Å². The zero-order valence-electron chi connectivity index (χ0n) is 15.7. The highest BCUT2D eigenvalue weighted by Gasteiger charge is 2.08. The molecule has 0 saturated carbocycles. The van der Waals surface area contributed by atoms with E-state index in [0.29, 0.717) is 23.5 Å². The summed E-state index contributed by atoms with van der Waals surface area (Å²) in [5.41, 5.74) is 2.84. The Morgan fingerprint density at radius 1 is 0.828 bits per heavy atom. The van der Waals surface area contributed by atoms with E-state index >= 15 is 0 Å². The van der Waals surface area contributed by atoms with Crippen LogP contribution in [0.15, 0.2) is 71.4 Å². The summed E-state index contributed by atoms with van der Waals surface area (Å²) in [6.07, 6.45) is 0.808. The van der Waals surface area contributed by atoms with Gasteiger partial charge in [-0.2, -0.15) is 0 Å². The number of benzene rings is 2. The number of fused-ring (bicyclic) bond motifs is 1. The second-order valence-corrected chi connectivity index (χ2v) is 8.48. The molecule has 146 valence electrons. The molecule has 0 unspecified atom stereocenters. The van der Waals surface area contributed by atoms with E-state index in [1.165, 1.54) is 27.0 Å². The lowest BCUT2D eigenvalue weighted by molar-refractivity contribution is 0.0945. The molecule has 0 bridgehead atoms. The third-order valence-corrected chi connectivity index (χ3v) is 6.54. The van der Waals surface area contributed by atoms with Gasteiger partial charge in [0.15, 0.2) is 0 Å². The first-order valence-corrected chi connectivity index (χ1v) is 11.1. The molecule has 0 aliphatic carbocycles. The molecule has 6 heteroatoms. The van der Waals surface area contributed by atoms with Crippen LogP contribution in [0.3, 0.4) is 0 Å². The van der Waals surface area contributed by atoms with Gasteiger partial charge in [-0.1, -0.05) is 36.4 Å². The second-order valence-electron chi connectivity index (χ2n) is 6.62. The largest absolute Gasteiger partial charge is 0.352 e. The fourth-order valence-corrected chi connectivity index (χ4v) is 4.73. The summed E-state index contributed by atoms with van der Waals surface area (Å²) in [6, 6.07) is 19.3. The standard InChI is InChI=1S/C23H20N2O2S2/c26-22(24-12-11-18-15-29-20-5-2-1-4-19(18)20)17-9-7-16(8-10-17)14-25-23(27)21-6-3-13-28-21/h1-10,13,15H,11-12,14H2,(H,24,26)(H,25,27). The van der Waals surface area contributed by atoms with Gasteiger partial charge in [-0.3, -0.25) is 9.59 Å². The van der Waals surface area contributed by atoms with Gasteiger partial charge in [-0.05, 0) is 58.0 Å². The Morgan fingerprint density at radius 3 is 2.45 bits per heavy atom. The number of carbonyl (C=O) groups excluding carboxylic acids is 2. The minimum absolute atomic E-state index is 0.0808. The van der Waals surface area contributed by atoms with Gasteiger partial charge in [0.2, 0.25) is 0 Å². The lowest BCUT2D eigenvalue weighted by Crippen LogP contribution is -2.25. The van der Waals surface area contributed by atoms with E-state index in [0.717, 1.165) is 12.0 Å². The van der Waals surface area contributed by atoms with Gasteiger partial charge in [-0.15, -0.1) is 22.7 Å². The number of nitrogens with one attached hydrogen (secondary N) is 2. The summed E-state index contributed by atoms with van der Waals surface area (Å²) in [5.74, 6) is -0.165. The lowest BCUT2D eigenvalue weighted by atomic mass is 10.1. The number of amides is 2. The maximum Gasteiger partial charge on any atom is 0.261 e. The number of rotatable bonds is 7. The maximum absolute atomic E-state index is 12.4. The highest BCUT2D eigenvalue weighted by atomic mass is 32.1. The monoisotopic (exact) mass is 420 g/mol. The fraction of sp³-hybridized carbons (Fsp3) is 0.130. The van der Waals surface area contributed by atoms with Crippen molar-refractivity contribution in [3.8, 4) is 0 Å². The summed E-state index contributed by atoms with van der Waals surface area (Å²) in [7, 11) is 0. The van der Waals surface area contributed by atoms with E-state index < -0.39 is 0 Å². The van der Waals surface area contributed by atoms with Crippen LogP contribution in [0.25, 0.3) is 10.1 Å². The minimum atomic E-state index is -0.0845. The van der Waals surface area contributed by atoms with E-state index in [2.05, 4.69) is 28.1 Å². The Hall–Kier alpha value is -2.96. The molecular weight excluding hydrogens is 400 g/mol. The van der Waals surface area contributed by atoms with Gasteiger partial charge in [-0.25, -0.2) is 0 Å². The van der Waals surface area contributed by atoms with E-state index in [9.17, 15) is 9.59 Å². The van der Waals surface area contributed by atoms with Crippen LogP contribution >= 0.6 is 22.7 Å². The Kier molecular flexibility index (Phi) is 6.03. The summed E-state index contributed by atoms with van der Waals surface area (Å²) >= 11 is 3.15. The van der Waals surface area contributed by atoms with Gasteiger partial charge in [0.05, 0.1) is 4.88 Å². The second kappa shape index (κ2) is 9.03. The smallest absolute Gasteiger partial charge is 0.261 e. The summed E-state index contributed by atoms with van der Waals surface area (Å²) in [6.45, 7) is 1.03. The first kappa shape index (κ1) is 19.4. The topological polar surface area (TPSA) is 58.2 Å². The van der Waals surface area contributed by atoms with Crippen LogP contribution in [0.4, 0.5) is 0 Å². The van der Waals surface area contributed by atoms with Crippen LogP contribution in [0.2, 0.25) is 0 Å². The first-order valence-electron chi connectivity index (χ1n) is 9.34. The minimum Gasteiger partial charge on any atom is -0.352 e. The van der Waals surface area contributed by atoms with Crippen molar-refractivity contribution < 1.29 is 9.59 Å². The molecule has 4 rings (SSSR count). The molecule has 0 aliphatic heterocycles. The van der Waals surface area contributed by atoms with Crippen molar-refractivity contribution in [2.24, 2.45) is 0 Å². The van der Waals surface area contributed by atoms with E-state index in [1.807, 2.05) is 35.7 Å². The van der Waals surface area contributed by atoms with E-state index in [1.54, 1.807) is 29.5 Å². The first-order chi connectivity index (χ1) is 14.2. The molecule has 0 atom stereocenters. The zero-order valence-corrected chi connectivity index (χ0v) is 17.3. The summed E-state index contributed by atoms with van der Waals surface area (Å²) in [5, 5.41) is 11.2. The van der Waals surface area contributed by atoms with Crippen LogP contribution in [0.1, 0.15) is 31.2 Å². The Bertz CT molecular complexity index is 1120. The van der Waals surface area contributed by atoms with E-state index in [4.69, 9.17) is 0 Å². The van der Waals surface area contributed by atoms with E-state index in [-0.39, 0.29) is 11.8 Å². The molecule has 2 aromatic heterocycles.